The van der Waals surface area contributed by atoms with E-state index in [1.807, 2.05) is 31.2 Å². The van der Waals surface area contributed by atoms with Gasteiger partial charge >= 0.3 is 0 Å². The van der Waals surface area contributed by atoms with E-state index in [0.717, 1.165) is 11.1 Å². The quantitative estimate of drug-likeness (QED) is 0.638. The van der Waals surface area contributed by atoms with Gasteiger partial charge in [0.05, 0.1) is 30.1 Å². The molecule has 0 radical (unpaired) electrons. The molecule has 26 heavy (non-hydrogen) atoms. The summed E-state index contributed by atoms with van der Waals surface area (Å²) in [5.74, 6) is -0.692. The summed E-state index contributed by atoms with van der Waals surface area (Å²) in [6.07, 6.45) is 1.95. The monoisotopic (exact) mass is 353 g/mol. The third-order valence-corrected chi connectivity index (χ3v) is 4.14. The number of nitrogens with one attached hydrogen (secondary N) is 2. The van der Waals surface area contributed by atoms with E-state index in [1.54, 1.807) is 12.1 Å². The highest BCUT2D eigenvalue weighted by Crippen LogP contribution is 2.21. The minimum absolute atomic E-state index is 0.177. The van der Waals surface area contributed by atoms with E-state index in [-0.39, 0.29) is 18.3 Å². The number of rotatable bonds is 6. The van der Waals surface area contributed by atoms with Gasteiger partial charge < -0.3 is 10.4 Å². The van der Waals surface area contributed by atoms with Crippen molar-refractivity contribution in [3.63, 3.8) is 0 Å². The molecule has 134 valence electrons. The number of carbonyl (C=O) groups is 1. The number of hydrogen-bond acceptors (Lipinski definition) is 3. The molecule has 0 aliphatic rings. The molecule has 0 bridgehead atoms. The second-order valence-electron chi connectivity index (χ2n) is 6.21. The second kappa shape index (κ2) is 7.93. The molecule has 0 aliphatic heterocycles. The molecule has 6 heteroatoms. The SMILES string of the molecule is Cc1cccc(CC(CO)NC(=O)c2cn[nH]c2-c2ccc(F)cc2)c1. The predicted octanol–water partition coefficient (Wildman–Crippen LogP) is 2.86. The van der Waals surface area contributed by atoms with Crippen LogP contribution in [0.15, 0.2) is 54.7 Å². The second-order valence-corrected chi connectivity index (χ2v) is 6.21. The van der Waals surface area contributed by atoms with Gasteiger partial charge in [0.1, 0.15) is 5.82 Å². The predicted molar refractivity (Wildman–Crippen MR) is 97.2 cm³/mol. The van der Waals surface area contributed by atoms with Gasteiger partial charge in [0.25, 0.3) is 5.91 Å². The number of aliphatic hydroxyl groups is 1. The first-order chi connectivity index (χ1) is 12.6. The summed E-state index contributed by atoms with van der Waals surface area (Å²) in [4.78, 5) is 12.6. The van der Waals surface area contributed by atoms with E-state index in [2.05, 4.69) is 15.5 Å². The number of nitrogens with zero attached hydrogens (tertiary/aromatic N) is 1. The standard InChI is InChI=1S/C20H20FN3O2/c1-13-3-2-4-14(9-13)10-17(12-25)23-20(26)18-11-22-24-19(18)15-5-7-16(21)8-6-15/h2-9,11,17,25H,10,12H2,1H3,(H,22,24)(H,23,26). The van der Waals surface area contributed by atoms with Crippen LogP contribution in [0.2, 0.25) is 0 Å². The van der Waals surface area contributed by atoms with Crippen molar-refractivity contribution in [2.24, 2.45) is 0 Å². The first kappa shape index (κ1) is 17.8. The maximum atomic E-state index is 13.1. The van der Waals surface area contributed by atoms with Gasteiger partial charge in [-0.15, -0.1) is 0 Å². The Morgan fingerprint density at radius 2 is 2.04 bits per heavy atom. The maximum absolute atomic E-state index is 13.1. The van der Waals surface area contributed by atoms with Crippen molar-refractivity contribution in [2.75, 3.05) is 6.61 Å². The van der Waals surface area contributed by atoms with Crippen molar-refractivity contribution in [3.05, 3.63) is 77.2 Å². The lowest BCUT2D eigenvalue weighted by Gasteiger charge is -2.17. The normalized spacial score (nSPS) is 12.0. The minimum atomic E-state index is -0.416. The average Bonchev–Trinajstić information content (AvgIpc) is 3.11. The summed E-state index contributed by atoms with van der Waals surface area (Å²) < 4.78 is 13.1. The number of benzene rings is 2. The fourth-order valence-corrected chi connectivity index (χ4v) is 2.84. The number of aromatic nitrogens is 2. The number of H-pyrrole nitrogens is 1. The van der Waals surface area contributed by atoms with Crippen molar-refractivity contribution in [1.29, 1.82) is 0 Å². The molecule has 3 aromatic rings. The number of aryl methyl sites for hydroxylation is 1. The first-order valence-corrected chi connectivity index (χ1v) is 8.33. The smallest absolute Gasteiger partial charge is 0.255 e. The molecule has 3 rings (SSSR count). The van der Waals surface area contributed by atoms with Gasteiger partial charge in [0.15, 0.2) is 0 Å². The van der Waals surface area contributed by atoms with Crippen molar-refractivity contribution < 1.29 is 14.3 Å². The zero-order chi connectivity index (χ0) is 18.5. The number of aliphatic hydroxyl groups excluding tert-OH is 1. The van der Waals surface area contributed by atoms with E-state index < -0.39 is 6.04 Å². The van der Waals surface area contributed by atoms with Gasteiger partial charge in [-0.3, -0.25) is 9.89 Å². The van der Waals surface area contributed by atoms with E-state index in [1.165, 1.54) is 18.3 Å². The number of aromatic amines is 1. The van der Waals surface area contributed by atoms with Crippen LogP contribution in [0.4, 0.5) is 4.39 Å². The minimum Gasteiger partial charge on any atom is -0.394 e. The molecule has 1 atom stereocenters. The molecule has 1 amide bonds. The van der Waals surface area contributed by atoms with Gasteiger partial charge in [-0.1, -0.05) is 29.8 Å². The van der Waals surface area contributed by atoms with Crippen LogP contribution in [-0.4, -0.2) is 33.9 Å². The van der Waals surface area contributed by atoms with E-state index in [4.69, 9.17) is 0 Å². The van der Waals surface area contributed by atoms with Crippen LogP contribution >= 0.6 is 0 Å². The van der Waals surface area contributed by atoms with Crippen LogP contribution in [0.3, 0.4) is 0 Å². The Kier molecular flexibility index (Phi) is 5.43. The molecular formula is C20H20FN3O2. The maximum Gasteiger partial charge on any atom is 0.255 e. The van der Waals surface area contributed by atoms with Crippen LogP contribution in [0.25, 0.3) is 11.3 Å². The van der Waals surface area contributed by atoms with E-state index in [0.29, 0.717) is 23.2 Å². The van der Waals surface area contributed by atoms with Crippen molar-refractivity contribution >= 4 is 5.91 Å². The summed E-state index contributed by atoms with van der Waals surface area (Å²) in [6, 6.07) is 13.3. The number of carbonyl (C=O) groups excluding carboxylic acids is 1. The molecule has 0 aliphatic carbocycles. The molecule has 0 spiro atoms. The lowest BCUT2D eigenvalue weighted by Crippen LogP contribution is -2.39. The van der Waals surface area contributed by atoms with Gasteiger partial charge in [-0.2, -0.15) is 5.10 Å². The highest BCUT2D eigenvalue weighted by atomic mass is 19.1. The van der Waals surface area contributed by atoms with Crippen LogP contribution < -0.4 is 5.32 Å². The summed E-state index contributed by atoms with van der Waals surface area (Å²) in [7, 11) is 0. The highest BCUT2D eigenvalue weighted by molar-refractivity contribution is 5.99. The fraction of sp³-hybridized carbons (Fsp3) is 0.200. The number of halogens is 1. The van der Waals surface area contributed by atoms with Crippen molar-refractivity contribution in [3.8, 4) is 11.3 Å². The molecule has 0 saturated carbocycles. The molecule has 1 unspecified atom stereocenters. The number of amides is 1. The van der Waals surface area contributed by atoms with Crippen LogP contribution in [0, 0.1) is 12.7 Å². The molecule has 5 nitrogen and oxygen atoms in total. The largest absolute Gasteiger partial charge is 0.394 e. The Balaban J connectivity index is 1.75. The van der Waals surface area contributed by atoms with Crippen molar-refractivity contribution in [1.82, 2.24) is 15.5 Å². The Bertz CT molecular complexity index is 890. The van der Waals surface area contributed by atoms with Gasteiger partial charge in [-0.25, -0.2) is 4.39 Å². The first-order valence-electron chi connectivity index (χ1n) is 8.33. The zero-order valence-electron chi connectivity index (χ0n) is 14.4. The van der Waals surface area contributed by atoms with Gasteiger partial charge in [-0.05, 0) is 43.2 Å². The topological polar surface area (TPSA) is 78.0 Å². The Morgan fingerprint density at radius 1 is 1.27 bits per heavy atom. The van der Waals surface area contributed by atoms with Crippen molar-refractivity contribution in [2.45, 2.75) is 19.4 Å². The van der Waals surface area contributed by atoms with E-state index in [9.17, 15) is 14.3 Å². The van der Waals surface area contributed by atoms with E-state index >= 15 is 0 Å². The molecule has 2 aromatic carbocycles. The molecule has 1 aromatic heterocycles. The third-order valence-electron chi connectivity index (χ3n) is 4.14. The Hall–Kier alpha value is -2.99. The third kappa shape index (κ3) is 4.15. The van der Waals surface area contributed by atoms with Crippen LogP contribution in [0.1, 0.15) is 21.5 Å². The van der Waals surface area contributed by atoms with Crippen LogP contribution in [-0.2, 0) is 6.42 Å². The van der Waals surface area contributed by atoms with Gasteiger partial charge in [0.2, 0.25) is 0 Å². The lowest BCUT2D eigenvalue weighted by atomic mass is 10.0. The Labute approximate surface area is 150 Å². The molecule has 3 N–H and O–H groups in total. The Morgan fingerprint density at radius 3 is 2.73 bits per heavy atom. The zero-order valence-corrected chi connectivity index (χ0v) is 14.4. The lowest BCUT2D eigenvalue weighted by molar-refractivity contribution is 0.0917. The molecule has 0 fully saturated rings. The average molecular weight is 353 g/mol. The van der Waals surface area contributed by atoms with Gasteiger partial charge in [0, 0.05) is 5.56 Å². The summed E-state index contributed by atoms with van der Waals surface area (Å²) in [5, 5.41) is 19.2. The molecule has 1 heterocycles. The summed E-state index contributed by atoms with van der Waals surface area (Å²) >= 11 is 0. The van der Waals surface area contributed by atoms with Crippen LogP contribution in [0.5, 0.6) is 0 Å². The number of hydrogen-bond donors (Lipinski definition) is 3. The summed E-state index contributed by atoms with van der Waals surface area (Å²) in [5.41, 5.74) is 3.68. The molecule has 0 saturated heterocycles. The highest BCUT2D eigenvalue weighted by Gasteiger charge is 2.19. The molecular weight excluding hydrogens is 333 g/mol. The fourth-order valence-electron chi connectivity index (χ4n) is 2.84. The summed E-state index contributed by atoms with van der Waals surface area (Å²) in [6.45, 7) is 1.82.